The second-order valence-electron chi connectivity index (χ2n) is 4.37. The summed E-state index contributed by atoms with van der Waals surface area (Å²) < 4.78 is 29.7. The van der Waals surface area contributed by atoms with Crippen LogP contribution in [0.15, 0.2) is 47.6 Å². The van der Waals surface area contributed by atoms with Gasteiger partial charge in [-0.05, 0) is 42.1 Å². The normalized spacial score (nSPS) is 10.5. The molecule has 1 amide bonds. The van der Waals surface area contributed by atoms with Crippen molar-refractivity contribution >= 4 is 40.9 Å². The number of nitrogens with one attached hydrogen (secondary N) is 1. The molecule has 2 aromatic rings. The van der Waals surface area contributed by atoms with Gasteiger partial charge in [0.2, 0.25) is 0 Å². The summed E-state index contributed by atoms with van der Waals surface area (Å²) in [6.07, 6.45) is 1.29. The van der Waals surface area contributed by atoms with Gasteiger partial charge in [0.25, 0.3) is 11.7 Å². The molecular weight excluding hydrogens is 362 g/mol. The van der Waals surface area contributed by atoms with Gasteiger partial charge < -0.3 is 10.1 Å². The monoisotopic (exact) mass is 372 g/mol. The van der Waals surface area contributed by atoms with Gasteiger partial charge in [-0.2, -0.15) is 8.78 Å². The predicted molar refractivity (Wildman–Crippen MR) is 86.5 cm³/mol. The van der Waals surface area contributed by atoms with Crippen LogP contribution in [0.3, 0.4) is 0 Å². The summed E-state index contributed by atoms with van der Waals surface area (Å²) in [4.78, 5) is 27.4. The fraction of sp³-hybridized carbons (Fsp3) is 0.133. The number of amides is 1. The van der Waals surface area contributed by atoms with Gasteiger partial charge in [-0.15, -0.1) is 0 Å². The third kappa shape index (κ3) is 5.47. The number of pyridine rings is 1. The highest BCUT2D eigenvalue weighted by Crippen LogP contribution is 2.26. The third-order valence-electron chi connectivity index (χ3n) is 2.63. The summed E-state index contributed by atoms with van der Waals surface area (Å²) in [5.74, 6) is -4.22. The van der Waals surface area contributed by atoms with Crippen LogP contribution in [0.4, 0.5) is 14.5 Å². The summed E-state index contributed by atoms with van der Waals surface area (Å²) in [6.45, 7) is -0.570. The Bertz CT molecular complexity index is 746. The molecule has 0 bridgehead atoms. The summed E-state index contributed by atoms with van der Waals surface area (Å²) in [5, 5.41) is 2.77. The van der Waals surface area contributed by atoms with Gasteiger partial charge in [0.15, 0.2) is 6.61 Å². The highest BCUT2D eigenvalue weighted by Gasteiger charge is 2.18. The number of hydrogen-bond donors (Lipinski definition) is 1. The van der Waals surface area contributed by atoms with Crippen LogP contribution in [-0.2, 0) is 9.53 Å². The Morgan fingerprint density at radius 3 is 2.79 bits per heavy atom. The first-order valence-corrected chi connectivity index (χ1v) is 7.84. The van der Waals surface area contributed by atoms with Crippen LogP contribution >= 0.6 is 23.4 Å². The minimum absolute atomic E-state index is 0.127. The molecule has 0 aliphatic heterocycles. The Morgan fingerprint density at radius 2 is 2.08 bits per heavy atom. The van der Waals surface area contributed by atoms with E-state index in [2.05, 4.69) is 10.3 Å². The number of benzene rings is 1. The zero-order chi connectivity index (χ0) is 17.5. The van der Waals surface area contributed by atoms with E-state index in [0.29, 0.717) is 10.7 Å². The van der Waals surface area contributed by atoms with Crippen molar-refractivity contribution in [2.75, 3.05) is 11.9 Å². The van der Waals surface area contributed by atoms with Crippen LogP contribution in [-0.4, -0.2) is 29.2 Å². The zero-order valence-corrected chi connectivity index (χ0v) is 13.6. The first kappa shape index (κ1) is 18.2. The van der Waals surface area contributed by atoms with Crippen LogP contribution in [0, 0.1) is 0 Å². The number of nitrogens with zero attached hydrogens (tertiary/aromatic N) is 1. The van der Waals surface area contributed by atoms with Crippen LogP contribution in [0.5, 0.6) is 0 Å². The molecule has 0 fully saturated rings. The maximum absolute atomic E-state index is 12.4. The van der Waals surface area contributed by atoms with Gasteiger partial charge in [-0.25, -0.2) is 9.78 Å². The summed E-state index contributed by atoms with van der Waals surface area (Å²) in [6, 6.07) is 9.15. The standard InChI is InChI=1S/C15H11ClF2N2O3S/c16-9-3-1-4-10(7-9)20-12(21)8-23-14(22)11-5-2-6-19-13(11)24-15(17)18/h1-7,15H,8H2,(H,20,21). The number of alkyl halides is 2. The SMILES string of the molecule is O=C(COC(=O)c1cccnc1SC(F)F)Nc1cccc(Cl)c1. The molecule has 2 rings (SSSR count). The van der Waals surface area contributed by atoms with Crippen LogP contribution in [0.1, 0.15) is 10.4 Å². The van der Waals surface area contributed by atoms with E-state index in [1.54, 1.807) is 18.2 Å². The molecule has 1 heterocycles. The fourth-order valence-corrected chi connectivity index (χ4v) is 2.46. The van der Waals surface area contributed by atoms with Gasteiger partial charge in [0.1, 0.15) is 5.03 Å². The number of halogens is 3. The number of anilines is 1. The predicted octanol–water partition coefficient (Wildman–Crippen LogP) is 3.85. The van der Waals surface area contributed by atoms with Gasteiger partial charge in [-0.3, -0.25) is 4.79 Å². The highest BCUT2D eigenvalue weighted by molar-refractivity contribution is 7.99. The lowest BCUT2D eigenvalue weighted by Gasteiger charge is -2.09. The molecule has 0 unspecified atom stereocenters. The number of thioether (sulfide) groups is 1. The summed E-state index contributed by atoms with van der Waals surface area (Å²) >= 11 is 5.92. The molecule has 0 saturated heterocycles. The molecule has 1 N–H and O–H groups in total. The third-order valence-corrected chi connectivity index (χ3v) is 3.60. The Labute approximate surface area is 145 Å². The van der Waals surface area contributed by atoms with E-state index in [1.165, 1.54) is 24.4 Å². The van der Waals surface area contributed by atoms with Crippen molar-refractivity contribution in [2.24, 2.45) is 0 Å². The van der Waals surface area contributed by atoms with Gasteiger partial charge in [-0.1, -0.05) is 17.7 Å². The van der Waals surface area contributed by atoms with Crippen LogP contribution < -0.4 is 5.32 Å². The topological polar surface area (TPSA) is 68.3 Å². The Hall–Kier alpha value is -2.19. The van der Waals surface area contributed by atoms with Gasteiger partial charge in [0, 0.05) is 16.9 Å². The minimum atomic E-state index is -2.72. The second kappa shape index (κ2) is 8.60. The van der Waals surface area contributed by atoms with Crippen molar-refractivity contribution in [3.05, 3.63) is 53.2 Å². The zero-order valence-electron chi connectivity index (χ0n) is 12.0. The van der Waals surface area contributed by atoms with Crippen molar-refractivity contribution in [2.45, 2.75) is 10.8 Å². The quantitative estimate of drug-likeness (QED) is 0.616. The average molecular weight is 373 g/mol. The number of aromatic nitrogens is 1. The molecule has 24 heavy (non-hydrogen) atoms. The molecule has 0 radical (unpaired) electrons. The number of rotatable bonds is 6. The average Bonchev–Trinajstić information content (AvgIpc) is 2.52. The molecule has 126 valence electrons. The Morgan fingerprint density at radius 1 is 1.29 bits per heavy atom. The first-order chi connectivity index (χ1) is 11.5. The number of carbonyl (C=O) groups is 2. The van der Waals surface area contributed by atoms with E-state index in [1.807, 2.05) is 0 Å². The van der Waals surface area contributed by atoms with E-state index in [9.17, 15) is 18.4 Å². The number of hydrogen-bond acceptors (Lipinski definition) is 5. The van der Waals surface area contributed by atoms with Crippen molar-refractivity contribution in [3.8, 4) is 0 Å². The van der Waals surface area contributed by atoms with E-state index < -0.39 is 24.2 Å². The van der Waals surface area contributed by atoms with Crippen LogP contribution in [0.2, 0.25) is 5.02 Å². The highest BCUT2D eigenvalue weighted by atomic mass is 35.5. The smallest absolute Gasteiger partial charge is 0.341 e. The van der Waals surface area contributed by atoms with Crippen LogP contribution in [0.25, 0.3) is 0 Å². The maximum atomic E-state index is 12.4. The molecule has 0 aliphatic carbocycles. The van der Waals surface area contributed by atoms with E-state index in [0.717, 1.165) is 0 Å². The van der Waals surface area contributed by atoms with Gasteiger partial charge in [0.05, 0.1) is 5.56 Å². The maximum Gasteiger partial charge on any atom is 0.341 e. The van der Waals surface area contributed by atoms with E-state index in [4.69, 9.17) is 16.3 Å². The summed E-state index contributed by atoms with van der Waals surface area (Å²) in [7, 11) is 0. The molecule has 1 aromatic heterocycles. The van der Waals surface area contributed by atoms with Crippen molar-refractivity contribution in [1.29, 1.82) is 0 Å². The van der Waals surface area contributed by atoms with E-state index >= 15 is 0 Å². The van der Waals surface area contributed by atoms with Crippen molar-refractivity contribution < 1.29 is 23.1 Å². The largest absolute Gasteiger partial charge is 0.452 e. The first-order valence-electron chi connectivity index (χ1n) is 6.58. The second-order valence-corrected chi connectivity index (χ2v) is 5.78. The molecule has 0 atom stereocenters. The number of esters is 1. The number of ether oxygens (including phenoxy) is 1. The Balaban J connectivity index is 1.94. The lowest BCUT2D eigenvalue weighted by Crippen LogP contribution is -2.21. The molecule has 1 aromatic carbocycles. The van der Waals surface area contributed by atoms with Crippen molar-refractivity contribution in [3.63, 3.8) is 0 Å². The lowest BCUT2D eigenvalue weighted by atomic mass is 10.3. The molecular formula is C15H11ClF2N2O3S. The lowest BCUT2D eigenvalue weighted by molar-refractivity contribution is -0.119. The van der Waals surface area contributed by atoms with E-state index in [-0.39, 0.29) is 22.4 Å². The minimum Gasteiger partial charge on any atom is -0.452 e. The van der Waals surface area contributed by atoms with Crippen molar-refractivity contribution in [1.82, 2.24) is 4.98 Å². The number of carbonyl (C=O) groups excluding carboxylic acids is 2. The summed E-state index contributed by atoms with van der Waals surface area (Å²) in [5.41, 5.74) is 0.317. The van der Waals surface area contributed by atoms with Gasteiger partial charge >= 0.3 is 5.97 Å². The molecule has 9 heteroatoms. The molecule has 0 spiro atoms. The molecule has 0 saturated carbocycles. The fourth-order valence-electron chi connectivity index (χ4n) is 1.70. The Kier molecular flexibility index (Phi) is 6.51. The molecule has 0 aliphatic rings. The molecule has 5 nitrogen and oxygen atoms in total.